The highest BCUT2D eigenvalue weighted by molar-refractivity contribution is 5.84. The minimum absolute atomic E-state index is 0.344. The molecule has 1 aliphatic carbocycles. The normalized spacial score (nSPS) is 20.8. The number of carbonyl (C=O) groups is 1. The van der Waals surface area contributed by atoms with Gasteiger partial charge in [0.1, 0.15) is 11.8 Å². The number of nitrogens with one attached hydrogen (secondary N) is 1. The van der Waals surface area contributed by atoms with E-state index in [1.165, 1.54) is 44.9 Å². The molecule has 1 unspecified atom stereocenters. The van der Waals surface area contributed by atoms with E-state index in [1.807, 2.05) is 6.07 Å². The van der Waals surface area contributed by atoms with Crippen molar-refractivity contribution in [2.24, 2.45) is 5.92 Å². The Morgan fingerprint density at radius 2 is 1.86 bits per heavy atom. The molecule has 2 N–H and O–H groups in total. The number of unbranched alkanes of at least 4 members (excludes halogenated alkanes) is 1. The number of benzene rings is 2. The maximum Gasteiger partial charge on any atom is 0.320 e. The smallest absolute Gasteiger partial charge is 0.320 e. The molecular weight excluding hydrogens is 350 g/mol. The molecule has 0 spiro atoms. The van der Waals surface area contributed by atoms with Crippen molar-refractivity contribution in [2.75, 3.05) is 0 Å². The summed E-state index contributed by atoms with van der Waals surface area (Å²) in [5.74, 6) is 1.02. The van der Waals surface area contributed by atoms with Crippen LogP contribution in [-0.4, -0.2) is 23.2 Å². The average Bonchev–Trinajstić information content (AvgIpc) is 2.71. The van der Waals surface area contributed by atoms with Crippen LogP contribution in [0, 0.1) is 5.92 Å². The fourth-order valence-corrected chi connectivity index (χ4v) is 4.04. The maximum absolute atomic E-state index is 10.9. The van der Waals surface area contributed by atoms with Crippen molar-refractivity contribution in [2.45, 2.75) is 77.5 Å². The van der Waals surface area contributed by atoms with Crippen molar-refractivity contribution in [1.29, 1.82) is 0 Å². The number of carboxylic acid groups (broad SMARTS) is 1. The average molecular weight is 384 g/mol. The molecule has 4 nitrogen and oxygen atoms in total. The van der Waals surface area contributed by atoms with Crippen molar-refractivity contribution in [3.05, 3.63) is 42.0 Å². The van der Waals surface area contributed by atoms with Gasteiger partial charge in [0, 0.05) is 6.54 Å². The molecular formula is C24H33NO3. The zero-order chi connectivity index (χ0) is 19.9. The zero-order valence-electron chi connectivity index (χ0n) is 17.1. The number of aliphatic carboxylic acids is 1. The van der Waals surface area contributed by atoms with E-state index in [2.05, 4.69) is 42.6 Å². The van der Waals surface area contributed by atoms with Crippen molar-refractivity contribution in [1.82, 2.24) is 5.32 Å². The third-order valence-corrected chi connectivity index (χ3v) is 5.92. The third-order valence-electron chi connectivity index (χ3n) is 5.92. The van der Waals surface area contributed by atoms with E-state index in [-0.39, 0.29) is 0 Å². The predicted octanol–water partition coefficient (Wildman–Crippen LogP) is 5.53. The molecule has 28 heavy (non-hydrogen) atoms. The summed E-state index contributed by atoms with van der Waals surface area (Å²) in [4.78, 5) is 10.9. The molecule has 1 fully saturated rings. The Morgan fingerprint density at radius 1 is 1.14 bits per heavy atom. The van der Waals surface area contributed by atoms with Crippen LogP contribution in [0.1, 0.15) is 64.4 Å². The molecule has 1 aliphatic rings. The second kappa shape index (κ2) is 9.92. The van der Waals surface area contributed by atoms with Gasteiger partial charge < -0.3 is 15.2 Å². The minimum atomic E-state index is -0.832. The number of rotatable bonds is 9. The van der Waals surface area contributed by atoms with Gasteiger partial charge in [0.2, 0.25) is 0 Å². The van der Waals surface area contributed by atoms with Gasteiger partial charge in [0.05, 0.1) is 6.10 Å². The van der Waals surface area contributed by atoms with E-state index in [0.717, 1.165) is 28.0 Å². The number of hydrogen-bond donors (Lipinski definition) is 2. The highest BCUT2D eigenvalue weighted by atomic mass is 16.5. The van der Waals surface area contributed by atoms with Gasteiger partial charge in [0.25, 0.3) is 0 Å². The van der Waals surface area contributed by atoms with Gasteiger partial charge in [0.15, 0.2) is 0 Å². The zero-order valence-corrected chi connectivity index (χ0v) is 17.1. The fourth-order valence-electron chi connectivity index (χ4n) is 4.04. The monoisotopic (exact) mass is 383 g/mol. The molecule has 1 atom stereocenters. The van der Waals surface area contributed by atoms with Crippen LogP contribution in [0.15, 0.2) is 36.4 Å². The van der Waals surface area contributed by atoms with E-state index in [4.69, 9.17) is 9.84 Å². The number of carboxylic acids is 1. The fraction of sp³-hybridized carbons (Fsp3) is 0.542. The van der Waals surface area contributed by atoms with Crippen LogP contribution in [0.2, 0.25) is 0 Å². The molecule has 2 aromatic carbocycles. The lowest BCUT2D eigenvalue weighted by Gasteiger charge is -2.29. The van der Waals surface area contributed by atoms with Crippen molar-refractivity contribution < 1.29 is 14.6 Å². The van der Waals surface area contributed by atoms with E-state index in [9.17, 15) is 4.79 Å². The van der Waals surface area contributed by atoms with Crippen LogP contribution in [0.25, 0.3) is 10.8 Å². The minimum Gasteiger partial charge on any atom is -0.490 e. The Balaban J connectivity index is 1.56. The van der Waals surface area contributed by atoms with E-state index < -0.39 is 12.0 Å². The van der Waals surface area contributed by atoms with Crippen LogP contribution in [0.4, 0.5) is 0 Å². The van der Waals surface area contributed by atoms with Gasteiger partial charge in [-0.3, -0.25) is 4.79 Å². The van der Waals surface area contributed by atoms with Crippen molar-refractivity contribution >= 4 is 16.7 Å². The summed E-state index contributed by atoms with van der Waals surface area (Å²) in [5.41, 5.74) is 1.08. The summed E-state index contributed by atoms with van der Waals surface area (Å²) in [7, 11) is 0. The molecule has 0 radical (unpaired) electrons. The summed E-state index contributed by atoms with van der Waals surface area (Å²) < 4.78 is 6.27. The summed E-state index contributed by atoms with van der Waals surface area (Å²) in [6.07, 6.45) is 9.29. The largest absolute Gasteiger partial charge is 0.490 e. The number of hydrogen-bond acceptors (Lipinski definition) is 3. The number of ether oxygens (including phenoxy) is 1. The molecule has 1 saturated carbocycles. The summed E-state index contributed by atoms with van der Waals surface area (Å²) in [5, 5.41) is 14.3. The molecule has 152 valence electrons. The summed E-state index contributed by atoms with van der Waals surface area (Å²) in [6.45, 7) is 4.47. The van der Waals surface area contributed by atoms with Crippen LogP contribution in [-0.2, 0) is 11.3 Å². The van der Waals surface area contributed by atoms with Gasteiger partial charge in [-0.2, -0.15) is 0 Å². The van der Waals surface area contributed by atoms with Gasteiger partial charge in [-0.1, -0.05) is 44.4 Å². The molecule has 0 bridgehead atoms. The molecule has 3 rings (SSSR count). The van der Waals surface area contributed by atoms with Crippen molar-refractivity contribution in [3.63, 3.8) is 0 Å². The molecule has 0 aromatic heterocycles. The Kier molecular flexibility index (Phi) is 7.32. The van der Waals surface area contributed by atoms with Crippen LogP contribution in [0.3, 0.4) is 0 Å². The van der Waals surface area contributed by atoms with Crippen LogP contribution < -0.4 is 10.1 Å². The second-order valence-corrected chi connectivity index (χ2v) is 8.19. The maximum atomic E-state index is 10.9. The summed E-state index contributed by atoms with van der Waals surface area (Å²) >= 11 is 0. The second-order valence-electron chi connectivity index (χ2n) is 8.19. The predicted molar refractivity (Wildman–Crippen MR) is 114 cm³/mol. The molecule has 2 aromatic rings. The third kappa shape index (κ3) is 5.71. The van der Waals surface area contributed by atoms with E-state index >= 15 is 0 Å². The molecule has 0 heterocycles. The molecule has 4 heteroatoms. The first-order chi connectivity index (χ1) is 13.5. The van der Waals surface area contributed by atoms with Gasteiger partial charge in [-0.05, 0) is 73.1 Å². The SMILES string of the molecule is CCCCC1CCC(Oc2ccc3cc(CNC(C)C(=O)O)ccc3c2)CC1. The van der Waals surface area contributed by atoms with Crippen LogP contribution >= 0.6 is 0 Å². The standard InChI is InChI=1S/C24H33NO3/c1-3-4-5-18-7-11-22(12-8-18)28-23-13-10-20-14-19(6-9-21(20)15-23)16-25-17(2)24(26)27/h6,9-10,13-15,17-18,22,25H,3-5,7-8,11-12,16H2,1-2H3,(H,26,27). The Morgan fingerprint density at radius 3 is 2.57 bits per heavy atom. The topological polar surface area (TPSA) is 58.6 Å². The lowest BCUT2D eigenvalue weighted by atomic mass is 9.84. The summed E-state index contributed by atoms with van der Waals surface area (Å²) in [6, 6.07) is 12.0. The Labute approximate surface area is 168 Å². The first kappa shape index (κ1) is 20.7. The highest BCUT2D eigenvalue weighted by Gasteiger charge is 2.22. The first-order valence-electron chi connectivity index (χ1n) is 10.7. The van der Waals surface area contributed by atoms with E-state index in [1.54, 1.807) is 6.92 Å². The number of fused-ring (bicyclic) bond motifs is 1. The lowest BCUT2D eigenvalue weighted by molar-refractivity contribution is -0.139. The highest BCUT2D eigenvalue weighted by Crippen LogP contribution is 2.31. The van der Waals surface area contributed by atoms with E-state index in [0.29, 0.717) is 12.6 Å². The van der Waals surface area contributed by atoms with Gasteiger partial charge in [-0.15, -0.1) is 0 Å². The molecule has 0 aliphatic heterocycles. The molecule has 0 amide bonds. The van der Waals surface area contributed by atoms with Crippen LogP contribution in [0.5, 0.6) is 5.75 Å². The van der Waals surface area contributed by atoms with Gasteiger partial charge in [-0.25, -0.2) is 0 Å². The quantitative estimate of drug-likeness (QED) is 0.598. The first-order valence-corrected chi connectivity index (χ1v) is 10.7. The Hall–Kier alpha value is -2.07. The lowest BCUT2D eigenvalue weighted by Crippen LogP contribution is -2.33. The van der Waals surface area contributed by atoms with Gasteiger partial charge >= 0.3 is 5.97 Å². The Bertz CT molecular complexity index is 781. The van der Waals surface area contributed by atoms with Crippen molar-refractivity contribution in [3.8, 4) is 5.75 Å². The molecule has 0 saturated heterocycles.